The Labute approximate surface area is 106 Å². The van der Waals surface area contributed by atoms with Crippen molar-refractivity contribution in [2.24, 2.45) is 7.05 Å². The van der Waals surface area contributed by atoms with Crippen molar-refractivity contribution in [2.75, 3.05) is 0 Å². The minimum atomic E-state index is -0.499. The molecule has 0 unspecified atom stereocenters. The molecule has 18 heavy (non-hydrogen) atoms. The molecular weight excluding hydrogens is 230 g/mol. The van der Waals surface area contributed by atoms with Gasteiger partial charge in [-0.25, -0.2) is 4.98 Å². The predicted molar refractivity (Wildman–Crippen MR) is 67.0 cm³/mol. The molecule has 1 N–H and O–H groups in total. The molecule has 2 aromatic rings. The molecule has 0 aliphatic rings. The van der Waals surface area contributed by atoms with Crippen molar-refractivity contribution in [3.8, 4) is 5.75 Å². The second-order valence-electron chi connectivity index (χ2n) is 4.05. The van der Waals surface area contributed by atoms with Gasteiger partial charge in [0.2, 0.25) is 0 Å². The lowest BCUT2D eigenvalue weighted by atomic mass is 10.1. The number of para-hydroxylation sites is 1. The molecule has 0 bridgehead atoms. The van der Waals surface area contributed by atoms with E-state index in [1.165, 1.54) is 6.33 Å². The Morgan fingerprint density at radius 3 is 2.83 bits per heavy atom. The van der Waals surface area contributed by atoms with Gasteiger partial charge in [-0.15, -0.1) is 0 Å². The van der Waals surface area contributed by atoms with Crippen molar-refractivity contribution in [1.29, 1.82) is 0 Å². The van der Waals surface area contributed by atoms with Gasteiger partial charge in [0.1, 0.15) is 18.7 Å². The molecule has 0 aliphatic heterocycles. The van der Waals surface area contributed by atoms with Gasteiger partial charge in [-0.1, -0.05) is 25.1 Å². The van der Waals surface area contributed by atoms with Crippen molar-refractivity contribution < 1.29 is 9.84 Å². The molecular formula is C13H17N3O2. The van der Waals surface area contributed by atoms with E-state index in [0.29, 0.717) is 18.8 Å². The third kappa shape index (κ3) is 2.68. The number of rotatable bonds is 5. The molecule has 0 saturated heterocycles. The smallest absolute Gasteiger partial charge is 0.164 e. The van der Waals surface area contributed by atoms with E-state index in [1.54, 1.807) is 4.68 Å². The number of hydrogen-bond acceptors (Lipinski definition) is 4. The standard InChI is InChI=1S/C13H17N3O2/c1-3-11(17)10-6-4-5-7-12(10)18-8-13-14-9-15-16(13)2/h4-7,9,11,17H,3,8H2,1-2H3/t11-/m1/s1. The summed E-state index contributed by atoms with van der Waals surface area (Å²) >= 11 is 0. The van der Waals surface area contributed by atoms with Crippen LogP contribution in [-0.4, -0.2) is 19.9 Å². The third-order valence-electron chi connectivity index (χ3n) is 2.83. The summed E-state index contributed by atoms with van der Waals surface area (Å²) in [6, 6.07) is 7.51. The van der Waals surface area contributed by atoms with E-state index in [0.717, 1.165) is 11.4 Å². The fourth-order valence-electron chi connectivity index (χ4n) is 1.70. The number of aliphatic hydroxyl groups is 1. The van der Waals surface area contributed by atoms with E-state index in [9.17, 15) is 5.11 Å². The quantitative estimate of drug-likeness (QED) is 0.875. The summed E-state index contributed by atoms with van der Waals surface area (Å²) in [5, 5.41) is 13.9. The molecule has 5 heteroatoms. The molecule has 0 spiro atoms. The highest BCUT2D eigenvalue weighted by Gasteiger charge is 2.11. The highest BCUT2D eigenvalue weighted by molar-refractivity contribution is 5.35. The molecule has 0 radical (unpaired) electrons. The average Bonchev–Trinajstić information content (AvgIpc) is 2.81. The van der Waals surface area contributed by atoms with Crippen LogP contribution in [0.25, 0.3) is 0 Å². The zero-order valence-corrected chi connectivity index (χ0v) is 10.6. The van der Waals surface area contributed by atoms with Gasteiger partial charge in [0, 0.05) is 12.6 Å². The van der Waals surface area contributed by atoms with Crippen LogP contribution in [0.3, 0.4) is 0 Å². The molecule has 1 aromatic heterocycles. The number of nitrogens with zero attached hydrogens (tertiary/aromatic N) is 3. The first kappa shape index (κ1) is 12.6. The average molecular weight is 247 g/mol. The largest absolute Gasteiger partial charge is 0.485 e. The van der Waals surface area contributed by atoms with Crippen LogP contribution in [0, 0.1) is 0 Å². The van der Waals surface area contributed by atoms with Gasteiger partial charge in [-0.05, 0) is 12.5 Å². The fourth-order valence-corrected chi connectivity index (χ4v) is 1.70. The number of benzene rings is 1. The Bertz CT molecular complexity index is 510. The van der Waals surface area contributed by atoms with E-state index in [1.807, 2.05) is 38.2 Å². The van der Waals surface area contributed by atoms with E-state index in [2.05, 4.69) is 10.1 Å². The Hall–Kier alpha value is -1.88. The van der Waals surface area contributed by atoms with Crippen LogP contribution in [0.5, 0.6) is 5.75 Å². The lowest BCUT2D eigenvalue weighted by Crippen LogP contribution is -2.06. The molecule has 0 fully saturated rings. The number of aromatic nitrogens is 3. The van der Waals surface area contributed by atoms with E-state index < -0.39 is 6.10 Å². The van der Waals surface area contributed by atoms with Gasteiger partial charge in [-0.2, -0.15) is 5.10 Å². The second-order valence-corrected chi connectivity index (χ2v) is 4.05. The maximum atomic E-state index is 9.91. The van der Waals surface area contributed by atoms with E-state index >= 15 is 0 Å². The molecule has 0 amide bonds. The minimum absolute atomic E-state index is 0.337. The Morgan fingerprint density at radius 1 is 1.39 bits per heavy atom. The number of ether oxygens (including phenoxy) is 1. The van der Waals surface area contributed by atoms with Crippen LogP contribution in [0.15, 0.2) is 30.6 Å². The van der Waals surface area contributed by atoms with Gasteiger partial charge < -0.3 is 9.84 Å². The molecule has 1 aromatic carbocycles. The molecule has 0 aliphatic carbocycles. The van der Waals surface area contributed by atoms with E-state index in [4.69, 9.17) is 4.74 Å². The van der Waals surface area contributed by atoms with Crippen LogP contribution in [0.4, 0.5) is 0 Å². The third-order valence-corrected chi connectivity index (χ3v) is 2.83. The van der Waals surface area contributed by atoms with Crippen LogP contribution in [0.1, 0.15) is 30.8 Å². The van der Waals surface area contributed by atoms with Crippen molar-refractivity contribution in [1.82, 2.24) is 14.8 Å². The number of aryl methyl sites for hydroxylation is 1. The Morgan fingerprint density at radius 2 is 2.17 bits per heavy atom. The molecule has 1 heterocycles. The van der Waals surface area contributed by atoms with Gasteiger partial charge in [0.05, 0.1) is 6.10 Å². The molecule has 1 atom stereocenters. The van der Waals surface area contributed by atoms with Gasteiger partial charge in [0.15, 0.2) is 5.82 Å². The summed E-state index contributed by atoms with van der Waals surface area (Å²) in [6.07, 6.45) is 1.65. The zero-order valence-electron chi connectivity index (χ0n) is 10.6. The van der Waals surface area contributed by atoms with Gasteiger partial charge in [-0.3, -0.25) is 4.68 Å². The van der Waals surface area contributed by atoms with Gasteiger partial charge in [0.25, 0.3) is 0 Å². The lowest BCUT2D eigenvalue weighted by molar-refractivity contribution is 0.165. The molecule has 0 saturated carbocycles. The molecule has 5 nitrogen and oxygen atoms in total. The lowest BCUT2D eigenvalue weighted by Gasteiger charge is -2.14. The summed E-state index contributed by atoms with van der Waals surface area (Å²) in [6.45, 7) is 2.27. The van der Waals surface area contributed by atoms with Crippen LogP contribution < -0.4 is 4.74 Å². The van der Waals surface area contributed by atoms with Crippen LogP contribution in [0.2, 0.25) is 0 Å². The summed E-state index contributed by atoms with van der Waals surface area (Å²) < 4.78 is 7.37. The first-order valence-electron chi connectivity index (χ1n) is 5.95. The summed E-state index contributed by atoms with van der Waals surface area (Å²) in [5.41, 5.74) is 0.808. The first-order chi connectivity index (χ1) is 8.72. The SMILES string of the molecule is CC[C@@H](O)c1ccccc1OCc1ncnn1C. The van der Waals surface area contributed by atoms with Crippen molar-refractivity contribution >= 4 is 0 Å². The number of hydrogen-bond donors (Lipinski definition) is 1. The Kier molecular flexibility index (Phi) is 3.94. The maximum absolute atomic E-state index is 9.91. The van der Waals surface area contributed by atoms with Crippen molar-refractivity contribution in [3.05, 3.63) is 42.0 Å². The topological polar surface area (TPSA) is 60.2 Å². The normalized spacial score (nSPS) is 12.4. The Balaban J connectivity index is 2.12. The highest BCUT2D eigenvalue weighted by Crippen LogP contribution is 2.27. The monoisotopic (exact) mass is 247 g/mol. The fraction of sp³-hybridized carbons (Fsp3) is 0.385. The zero-order chi connectivity index (χ0) is 13.0. The van der Waals surface area contributed by atoms with Crippen LogP contribution in [-0.2, 0) is 13.7 Å². The second kappa shape index (κ2) is 5.64. The minimum Gasteiger partial charge on any atom is -0.485 e. The molecule has 96 valence electrons. The first-order valence-corrected chi connectivity index (χ1v) is 5.95. The predicted octanol–water partition coefficient (Wildman–Crippen LogP) is 1.84. The van der Waals surface area contributed by atoms with Crippen LogP contribution >= 0.6 is 0 Å². The number of aliphatic hydroxyl groups excluding tert-OH is 1. The maximum Gasteiger partial charge on any atom is 0.164 e. The molecule has 2 rings (SSSR count). The summed E-state index contributed by atoms with van der Waals surface area (Å²) in [5.74, 6) is 1.44. The van der Waals surface area contributed by atoms with E-state index in [-0.39, 0.29) is 0 Å². The summed E-state index contributed by atoms with van der Waals surface area (Å²) in [7, 11) is 1.82. The van der Waals surface area contributed by atoms with Crippen molar-refractivity contribution in [2.45, 2.75) is 26.1 Å². The van der Waals surface area contributed by atoms with Gasteiger partial charge >= 0.3 is 0 Å². The highest BCUT2D eigenvalue weighted by atomic mass is 16.5. The van der Waals surface area contributed by atoms with Crippen molar-refractivity contribution in [3.63, 3.8) is 0 Å². The summed E-state index contributed by atoms with van der Waals surface area (Å²) in [4.78, 5) is 4.09.